The van der Waals surface area contributed by atoms with Gasteiger partial charge in [0, 0.05) is 18.0 Å². The molecule has 1 rings (SSSR count). The first-order valence-electron chi connectivity index (χ1n) is 8.19. The molecule has 133 valence electrons. The van der Waals surface area contributed by atoms with Crippen LogP contribution >= 0.6 is 11.3 Å². The quantitative estimate of drug-likeness (QED) is 0.346. The number of esters is 1. The summed E-state index contributed by atoms with van der Waals surface area (Å²) in [5, 5.41) is 2.45. The number of hydrogen-bond acceptors (Lipinski definition) is 7. The van der Waals surface area contributed by atoms with Crippen LogP contribution in [0.2, 0.25) is 0 Å². The molecule has 8 heteroatoms. The largest absolute Gasteiger partial charge is 0.461 e. The number of hydrogen-bond donors (Lipinski definition) is 0. The van der Waals surface area contributed by atoms with Crippen molar-refractivity contribution in [1.82, 2.24) is 9.79 Å². The Morgan fingerprint density at radius 2 is 2.12 bits per heavy atom. The summed E-state index contributed by atoms with van der Waals surface area (Å²) in [6.07, 6.45) is 1.24. The summed E-state index contributed by atoms with van der Waals surface area (Å²) in [5.74, 6) is -0.0827. The van der Waals surface area contributed by atoms with Crippen molar-refractivity contribution < 1.29 is 19.1 Å². The van der Waals surface area contributed by atoms with E-state index < -0.39 is 5.97 Å². The third-order valence-corrected chi connectivity index (χ3v) is 4.63. The second kappa shape index (κ2) is 10.6. The Kier molecular flexibility index (Phi) is 9.17. The van der Waals surface area contributed by atoms with Crippen molar-refractivity contribution in [3.63, 3.8) is 0 Å². The molecule has 1 aromatic rings. The van der Waals surface area contributed by atoms with Crippen LogP contribution in [0.15, 0.2) is 5.38 Å². The minimum absolute atomic E-state index is 0.127. The summed E-state index contributed by atoms with van der Waals surface area (Å²) in [4.78, 5) is 28.9. The van der Waals surface area contributed by atoms with Gasteiger partial charge in [-0.05, 0) is 33.2 Å². The average Bonchev–Trinajstić information content (AvgIpc) is 3.01. The Hall–Kier alpha value is -1.25. The molecule has 0 bridgehead atoms. The van der Waals surface area contributed by atoms with Crippen LogP contribution in [0.4, 0.5) is 0 Å². The van der Waals surface area contributed by atoms with Crippen molar-refractivity contribution >= 4 is 30.9 Å². The van der Waals surface area contributed by atoms with E-state index in [0.717, 1.165) is 11.2 Å². The lowest BCUT2D eigenvalue weighted by Crippen LogP contribution is -2.40. The van der Waals surface area contributed by atoms with Crippen molar-refractivity contribution in [2.75, 3.05) is 20.3 Å². The van der Waals surface area contributed by atoms with Crippen LogP contribution in [0.3, 0.4) is 0 Å². The summed E-state index contributed by atoms with van der Waals surface area (Å²) >= 11 is 1.40. The van der Waals surface area contributed by atoms with Gasteiger partial charge in [0.1, 0.15) is 11.1 Å². The monoisotopic (exact) mass is 353 g/mol. The molecule has 1 aromatic heterocycles. The number of carbonyl (C=O) groups is 2. The lowest BCUT2D eigenvalue weighted by Gasteiger charge is -2.32. The van der Waals surface area contributed by atoms with E-state index in [1.54, 1.807) is 12.3 Å². The topological polar surface area (TPSA) is 68.7 Å². The first kappa shape index (κ1) is 20.8. The van der Waals surface area contributed by atoms with E-state index in [1.165, 1.54) is 18.8 Å². The van der Waals surface area contributed by atoms with Crippen molar-refractivity contribution in [1.29, 1.82) is 0 Å². The van der Waals surface area contributed by atoms with Gasteiger partial charge in [0.25, 0.3) is 7.41 Å². The maximum Gasteiger partial charge on any atom is 0.357 e. The molecule has 0 N–H and O–H groups in total. The molecule has 0 aliphatic heterocycles. The van der Waals surface area contributed by atoms with Gasteiger partial charge in [-0.1, -0.05) is 13.8 Å². The molecule has 0 fully saturated rings. The molecule has 6 nitrogen and oxygen atoms in total. The molecule has 0 spiro atoms. The molecule has 0 aliphatic rings. The van der Waals surface area contributed by atoms with E-state index in [2.05, 4.69) is 18.8 Å². The Balaban J connectivity index is 2.92. The highest BCUT2D eigenvalue weighted by atomic mass is 32.1. The predicted molar refractivity (Wildman–Crippen MR) is 95.9 cm³/mol. The Bertz CT molecular complexity index is 524. The minimum Gasteiger partial charge on any atom is -0.461 e. The fourth-order valence-corrected chi connectivity index (χ4v) is 3.36. The van der Waals surface area contributed by atoms with Gasteiger partial charge in [-0.15, -0.1) is 11.3 Å². The molecule has 24 heavy (non-hydrogen) atoms. The van der Waals surface area contributed by atoms with Gasteiger partial charge in [0.15, 0.2) is 5.69 Å². The highest BCUT2D eigenvalue weighted by Gasteiger charge is 2.27. The van der Waals surface area contributed by atoms with E-state index in [-0.39, 0.29) is 12.1 Å². The van der Waals surface area contributed by atoms with Crippen LogP contribution in [0, 0.1) is 5.92 Å². The third-order valence-electron chi connectivity index (χ3n) is 3.69. The minimum atomic E-state index is -0.415. The number of aromatic nitrogens is 1. The molecule has 0 saturated carbocycles. The van der Waals surface area contributed by atoms with Gasteiger partial charge in [-0.3, -0.25) is 0 Å². The van der Waals surface area contributed by atoms with Gasteiger partial charge in [-0.2, -0.15) is 0 Å². The molecule has 1 radical (unpaired) electrons. The fourth-order valence-electron chi connectivity index (χ4n) is 2.51. The zero-order chi connectivity index (χ0) is 18.1. The molecule has 0 aliphatic carbocycles. The summed E-state index contributed by atoms with van der Waals surface area (Å²) in [7, 11) is 3.41. The smallest absolute Gasteiger partial charge is 0.357 e. The maximum absolute atomic E-state index is 11.8. The first-order valence-corrected chi connectivity index (χ1v) is 9.07. The van der Waals surface area contributed by atoms with E-state index >= 15 is 0 Å². The van der Waals surface area contributed by atoms with Crippen LogP contribution in [0.5, 0.6) is 0 Å². The van der Waals surface area contributed by atoms with E-state index in [4.69, 9.17) is 9.47 Å². The molecule has 0 unspecified atom stereocenters. The van der Waals surface area contributed by atoms with E-state index in [0.29, 0.717) is 31.2 Å². The second-order valence-electron chi connectivity index (χ2n) is 5.73. The van der Waals surface area contributed by atoms with Crippen molar-refractivity contribution in [3.8, 4) is 0 Å². The number of thiazole rings is 1. The maximum atomic E-state index is 11.8. The van der Waals surface area contributed by atoms with Crippen LogP contribution in [0.1, 0.15) is 55.7 Å². The van der Waals surface area contributed by atoms with Gasteiger partial charge in [-0.25, -0.2) is 9.78 Å². The number of ether oxygens (including phenoxy) is 2. The van der Waals surface area contributed by atoms with E-state index in [1.807, 2.05) is 18.8 Å². The average molecular weight is 353 g/mol. The number of nitrogens with zero attached hydrogens (tertiary/aromatic N) is 2. The molecule has 0 saturated heterocycles. The Morgan fingerprint density at radius 1 is 1.42 bits per heavy atom. The molecular formula is C16H26BN2O4S. The molecular weight excluding hydrogens is 327 g/mol. The number of rotatable bonds is 11. The highest BCUT2D eigenvalue weighted by molar-refractivity contribution is 7.09. The van der Waals surface area contributed by atoms with Crippen LogP contribution in [0.25, 0.3) is 0 Å². The van der Waals surface area contributed by atoms with Crippen molar-refractivity contribution in [2.45, 2.75) is 46.3 Å². The summed E-state index contributed by atoms with van der Waals surface area (Å²) in [6, 6.07) is 0.127. The Morgan fingerprint density at radius 3 is 2.67 bits per heavy atom. The number of carbonyl (C=O) groups excluding carboxylic acids is 2. The first-order chi connectivity index (χ1) is 11.4. The zero-order valence-electron chi connectivity index (χ0n) is 15.0. The van der Waals surface area contributed by atoms with E-state index in [9.17, 15) is 9.59 Å². The van der Waals surface area contributed by atoms with Crippen LogP contribution < -0.4 is 0 Å². The van der Waals surface area contributed by atoms with Gasteiger partial charge < -0.3 is 19.1 Å². The third kappa shape index (κ3) is 6.00. The van der Waals surface area contributed by atoms with Gasteiger partial charge >= 0.3 is 5.97 Å². The van der Waals surface area contributed by atoms with Crippen LogP contribution in [-0.2, 0) is 14.3 Å². The molecule has 0 amide bonds. The Labute approximate surface area is 148 Å². The zero-order valence-corrected chi connectivity index (χ0v) is 15.8. The fraction of sp³-hybridized carbons (Fsp3) is 0.688. The lowest BCUT2D eigenvalue weighted by atomic mass is 9.86. The van der Waals surface area contributed by atoms with Gasteiger partial charge in [0.2, 0.25) is 0 Å². The molecule has 2 atom stereocenters. The molecule has 1 heterocycles. The molecule has 0 aromatic carbocycles. The normalized spacial score (nSPS) is 13.8. The van der Waals surface area contributed by atoms with Gasteiger partial charge in [0.05, 0.1) is 12.8 Å². The lowest BCUT2D eigenvalue weighted by molar-refractivity contribution is 0.0360. The SMILES string of the molecule is CCOC(=O)c1csc([C@H](C[C@@H](C(C)C)N(C)[B]C=O)OCC)n1. The predicted octanol–water partition coefficient (Wildman–Crippen LogP) is 2.55. The van der Waals surface area contributed by atoms with Crippen molar-refractivity contribution in [3.05, 3.63) is 16.1 Å². The standard InChI is InChI=1S/C16H26BN2O4S/c1-6-22-14(8-13(11(3)4)19(5)17-10-20)15-18-12(9-24-15)16(21)23-7-2/h9-11,13-14H,6-8H2,1-5H3/t13-,14-/m0/s1. The van der Waals surface area contributed by atoms with Crippen LogP contribution in [-0.4, -0.2) is 55.7 Å². The second-order valence-corrected chi connectivity index (χ2v) is 6.62. The van der Waals surface area contributed by atoms with Crippen molar-refractivity contribution in [2.24, 2.45) is 5.92 Å². The highest BCUT2D eigenvalue weighted by Crippen LogP contribution is 2.29. The summed E-state index contributed by atoms with van der Waals surface area (Å²) < 4.78 is 10.8. The summed E-state index contributed by atoms with van der Waals surface area (Å²) in [5.41, 5.74) is 0.315. The summed E-state index contributed by atoms with van der Waals surface area (Å²) in [6.45, 7) is 8.77.